The average molecular weight is 283 g/mol. The molecule has 5 nitrogen and oxygen atoms in total. The second kappa shape index (κ2) is 5.26. The van der Waals surface area contributed by atoms with Gasteiger partial charge in [0.25, 0.3) is 0 Å². The van der Waals surface area contributed by atoms with Crippen molar-refractivity contribution in [1.29, 1.82) is 0 Å². The Morgan fingerprint density at radius 1 is 1.40 bits per heavy atom. The molecule has 0 saturated carbocycles. The van der Waals surface area contributed by atoms with E-state index < -0.39 is 11.2 Å². The molecule has 0 spiro atoms. The molecule has 2 aliphatic rings. The number of hydrogen-bond donors (Lipinski definition) is 0. The lowest BCUT2D eigenvalue weighted by molar-refractivity contribution is -0.153. The van der Waals surface area contributed by atoms with E-state index in [2.05, 4.69) is 0 Å². The van der Waals surface area contributed by atoms with Gasteiger partial charge in [0, 0.05) is 13.0 Å². The number of rotatable bonds is 1. The molecule has 2 heterocycles. The van der Waals surface area contributed by atoms with Crippen molar-refractivity contribution >= 4 is 12.1 Å². The Kier molecular flexibility index (Phi) is 3.98. The van der Waals surface area contributed by atoms with Crippen LogP contribution in [0.4, 0.5) is 4.79 Å². The zero-order valence-electron chi connectivity index (χ0n) is 12.9. The smallest absolute Gasteiger partial charge is 0.410 e. The Morgan fingerprint density at radius 3 is 2.65 bits per heavy atom. The molecule has 0 radical (unpaired) electrons. The molecular weight excluding hydrogens is 258 g/mol. The molecule has 0 N–H and O–H groups in total. The molecule has 114 valence electrons. The monoisotopic (exact) mass is 283 g/mol. The predicted molar refractivity (Wildman–Crippen MR) is 74.3 cm³/mol. The Bertz CT molecular complexity index is 401. The van der Waals surface area contributed by atoms with E-state index in [9.17, 15) is 9.59 Å². The second-order valence-corrected chi connectivity index (χ2v) is 6.97. The number of hydrogen-bond acceptors (Lipinski definition) is 4. The number of nitrogens with zero attached hydrogens (tertiary/aromatic N) is 1. The van der Waals surface area contributed by atoms with Crippen molar-refractivity contribution in [2.24, 2.45) is 0 Å². The molecule has 2 atom stereocenters. The standard InChI is InChI=1S/C15H25NO4/c1-14(2,3)20-13(18)16-10-6-5-7-11(16)15(4)9-8-12(17)19-15/h11H,5-10H2,1-4H3/t11-,15-/m1/s1. The van der Waals surface area contributed by atoms with Crippen molar-refractivity contribution in [3.8, 4) is 0 Å². The van der Waals surface area contributed by atoms with E-state index in [0.29, 0.717) is 19.4 Å². The van der Waals surface area contributed by atoms with Crippen LogP contribution in [0, 0.1) is 0 Å². The van der Waals surface area contributed by atoms with Crippen LogP contribution in [0.1, 0.15) is 59.8 Å². The van der Waals surface area contributed by atoms with Gasteiger partial charge in [-0.2, -0.15) is 0 Å². The van der Waals surface area contributed by atoms with Gasteiger partial charge in [-0.05, 0) is 53.4 Å². The third kappa shape index (κ3) is 3.25. The van der Waals surface area contributed by atoms with Crippen LogP contribution in [0.3, 0.4) is 0 Å². The van der Waals surface area contributed by atoms with Gasteiger partial charge in [0.2, 0.25) is 0 Å². The molecule has 1 amide bonds. The molecule has 2 saturated heterocycles. The molecule has 0 unspecified atom stereocenters. The number of carbonyl (C=O) groups is 2. The molecule has 0 aromatic rings. The van der Waals surface area contributed by atoms with Crippen LogP contribution in [0.15, 0.2) is 0 Å². The summed E-state index contributed by atoms with van der Waals surface area (Å²) in [6.45, 7) is 8.20. The Balaban J connectivity index is 2.13. The summed E-state index contributed by atoms with van der Waals surface area (Å²) in [6, 6.07) is -0.0717. The van der Waals surface area contributed by atoms with Gasteiger partial charge in [-0.3, -0.25) is 4.79 Å². The maximum absolute atomic E-state index is 12.4. The van der Waals surface area contributed by atoms with E-state index in [1.807, 2.05) is 27.7 Å². The number of carbonyl (C=O) groups excluding carboxylic acids is 2. The predicted octanol–water partition coefficient (Wildman–Crippen LogP) is 2.87. The number of piperidine rings is 1. The molecule has 5 heteroatoms. The largest absolute Gasteiger partial charge is 0.457 e. The minimum Gasteiger partial charge on any atom is -0.457 e. The van der Waals surface area contributed by atoms with Crippen molar-refractivity contribution in [3.63, 3.8) is 0 Å². The summed E-state index contributed by atoms with van der Waals surface area (Å²) >= 11 is 0. The van der Waals surface area contributed by atoms with E-state index in [-0.39, 0.29) is 18.1 Å². The molecule has 0 bridgehead atoms. The number of likely N-dealkylation sites (tertiary alicyclic amines) is 1. The first-order valence-corrected chi connectivity index (χ1v) is 7.43. The van der Waals surface area contributed by atoms with Gasteiger partial charge in [0.05, 0.1) is 6.04 Å². The van der Waals surface area contributed by atoms with E-state index in [0.717, 1.165) is 19.3 Å². The summed E-state index contributed by atoms with van der Waals surface area (Å²) in [6.07, 6.45) is 3.71. The van der Waals surface area contributed by atoms with Crippen LogP contribution in [-0.2, 0) is 14.3 Å². The summed E-state index contributed by atoms with van der Waals surface area (Å²) in [7, 11) is 0. The van der Waals surface area contributed by atoms with Crippen molar-refractivity contribution in [2.45, 2.75) is 77.0 Å². The lowest BCUT2D eigenvalue weighted by atomic mass is 9.86. The quantitative estimate of drug-likeness (QED) is 0.694. The van der Waals surface area contributed by atoms with Gasteiger partial charge in [0.1, 0.15) is 11.2 Å². The summed E-state index contributed by atoms with van der Waals surface area (Å²) in [5, 5.41) is 0. The molecule has 0 aliphatic carbocycles. The lowest BCUT2D eigenvalue weighted by Crippen LogP contribution is -2.56. The Morgan fingerprint density at radius 2 is 2.10 bits per heavy atom. The van der Waals surface area contributed by atoms with Gasteiger partial charge in [0.15, 0.2) is 0 Å². The average Bonchev–Trinajstić information content (AvgIpc) is 2.68. The van der Waals surface area contributed by atoms with Crippen molar-refractivity contribution in [3.05, 3.63) is 0 Å². The maximum Gasteiger partial charge on any atom is 0.410 e. The fourth-order valence-electron chi connectivity index (χ4n) is 3.05. The highest BCUT2D eigenvalue weighted by molar-refractivity contribution is 5.73. The first kappa shape index (κ1) is 15.1. The number of esters is 1. The Hall–Kier alpha value is -1.26. The van der Waals surface area contributed by atoms with Crippen LogP contribution in [0.2, 0.25) is 0 Å². The first-order chi connectivity index (χ1) is 9.21. The van der Waals surface area contributed by atoms with Crippen LogP contribution in [0.25, 0.3) is 0 Å². The molecular formula is C15H25NO4. The highest BCUT2D eigenvalue weighted by atomic mass is 16.6. The van der Waals surface area contributed by atoms with Gasteiger partial charge in [-0.1, -0.05) is 0 Å². The van der Waals surface area contributed by atoms with Crippen molar-refractivity contribution in [2.75, 3.05) is 6.54 Å². The van der Waals surface area contributed by atoms with Gasteiger partial charge in [-0.25, -0.2) is 4.79 Å². The van der Waals surface area contributed by atoms with Crippen LogP contribution in [0.5, 0.6) is 0 Å². The van der Waals surface area contributed by atoms with E-state index in [1.54, 1.807) is 4.90 Å². The Labute approximate surface area is 120 Å². The molecule has 0 aromatic carbocycles. The highest BCUT2D eigenvalue weighted by Crippen LogP contribution is 2.37. The van der Waals surface area contributed by atoms with E-state index >= 15 is 0 Å². The zero-order valence-corrected chi connectivity index (χ0v) is 12.9. The topological polar surface area (TPSA) is 55.8 Å². The number of amides is 1. The third-order valence-corrected chi connectivity index (χ3v) is 4.01. The van der Waals surface area contributed by atoms with Crippen LogP contribution < -0.4 is 0 Å². The molecule has 0 aromatic heterocycles. The van der Waals surface area contributed by atoms with Gasteiger partial charge in [-0.15, -0.1) is 0 Å². The normalized spacial score (nSPS) is 31.1. The zero-order chi connectivity index (χ0) is 15.0. The lowest BCUT2D eigenvalue weighted by Gasteiger charge is -2.43. The minimum absolute atomic E-state index is 0.0717. The second-order valence-electron chi connectivity index (χ2n) is 6.97. The number of cyclic esters (lactones) is 1. The van der Waals surface area contributed by atoms with Crippen LogP contribution in [-0.4, -0.2) is 40.8 Å². The number of ether oxygens (including phenoxy) is 2. The molecule has 20 heavy (non-hydrogen) atoms. The van der Waals surface area contributed by atoms with Gasteiger partial charge >= 0.3 is 12.1 Å². The fourth-order valence-corrected chi connectivity index (χ4v) is 3.05. The molecule has 2 rings (SSSR count). The van der Waals surface area contributed by atoms with Crippen molar-refractivity contribution in [1.82, 2.24) is 4.90 Å². The van der Waals surface area contributed by atoms with E-state index in [1.165, 1.54) is 0 Å². The summed E-state index contributed by atoms with van der Waals surface area (Å²) in [5.74, 6) is -0.165. The van der Waals surface area contributed by atoms with Crippen molar-refractivity contribution < 1.29 is 19.1 Å². The van der Waals surface area contributed by atoms with Crippen LogP contribution >= 0.6 is 0 Å². The third-order valence-electron chi connectivity index (χ3n) is 4.01. The first-order valence-electron chi connectivity index (χ1n) is 7.43. The summed E-state index contributed by atoms with van der Waals surface area (Å²) < 4.78 is 11.0. The summed E-state index contributed by atoms with van der Waals surface area (Å²) in [4.78, 5) is 25.6. The summed E-state index contributed by atoms with van der Waals surface area (Å²) in [5.41, 5.74) is -1.07. The minimum atomic E-state index is -0.561. The SMILES string of the molecule is CC(C)(C)OC(=O)N1CCCC[C@@H]1[C@@]1(C)CCC(=O)O1. The highest BCUT2D eigenvalue weighted by Gasteiger charge is 2.48. The molecule has 2 fully saturated rings. The maximum atomic E-state index is 12.4. The fraction of sp³-hybridized carbons (Fsp3) is 0.867. The molecule has 2 aliphatic heterocycles. The van der Waals surface area contributed by atoms with Gasteiger partial charge < -0.3 is 14.4 Å². The van der Waals surface area contributed by atoms with E-state index in [4.69, 9.17) is 9.47 Å².